The summed E-state index contributed by atoms with van der Waals surface area (Å²) in [6, 6.07) is 13.1. The van der Waals surface area contributed by atoms with Crippen LogP contribution in [0.4, 0.5) is 0 Å². The number of rotatable bonds is 6. The number of carbonyl (C=O) groups excluding carboxylic acids is 1. The van der Waals surface area contributed by atoms with E-state index in [1.165, 1.54) is 0 Å². The average Bonchev–Trinajstić information content (AvgIpc) is 2.50. The maximum Gasteiger partial charge on any atom is 0.305 e. The Labute approximate surface area is 136 Å². The number of pyridine rings is 1. The molecule has 6 heteroatoms. The van der Waals surface area contributed by atoms with Crippen LogP contribution in [0.3, 0.4) is 0 Å². The van der Waals surface area contributed by atoms with Crippen LogP contribution in [0, 0.1) is 0 Å². The molecule has 1 aromatic carbocycles. The molecule has 5 nitrogen and oxygen atoms in total. The number of nitrogens with one attached hydrogen (secondary N) is 1. The number of hydrogen-bond donors (Lipinski definition) is 1. The Morgan fingerprint density at radius 1 is 1.23 bits per heavy atom. The molecule has 0 atom stereocenters. The Balaban J connectivity index is 0.00000242. The second-order valence-corrected chi connectivity index (χ2v) is 4.34. The van der Waals surface area contributed by atoms with Gasteiger partial charge in [-0.3, -0.25) is 4.79 Å². The van der Waals surface area contributed by atoms with Crippen molar-refractivity contribution in [2.45, 2.75) is 13.5 Å². The largest absolute Gasteiger partial charge is 1.00 e. The Bertz CT molecular complexity index is 601. The third-order valence-electron chi connectivity index (χ3n) is 2.70. The van der Waals surface area contributed by atoms with Crippen molar-refractivity contribution in [3.05, 3.63) is 60.4 Å². The molecule has 0 aliphatic rings. The van der Waals surface area contributed by atoms with Crippen LogP contribution in [0.25, 0.3) is 0 Å². The summed E-state index contributed by atoms with van der Waals surface area (Å²) in [6.45, 7) is 2.82. The highest BCUT2D eigenvalue weighted by Gasteiger charge is 2.06. The number of amides is 1. The molecule has 1 N–H and O–H groups in total. The lowest BCUT2D eigenvalue weighted by atomic mass is 10.2. The van der Waals surface area contributed by atoms with E-state index in [1.54, 1.807) is 10.8 Å². The molecule has 0 aliphatic carbocycles. The van der Waals surface area contributed by atoms with Gasteiger partial charge in [-0.1, -0.05) is 6.07 Å². The van der Waals surface area contributed by atoms with Gasteiger partial charge in [-0.05, 0) is 36.8 Å². The van der Waals surface area contributed by atoms with E-state index in [0.29, 0.717) is 6.61 Å². The zero-order valence-electron chi connectivity index (χ0n) is 12.3. The van der Waals surface area contributed by atoms with Crippen molar-refractivity contribution in [2.24, 2.45) is 5.10 Å². The molecule has 1 heterocycles. The number of nitrogens with zero attached hydrogens (tertiary/aromatic N) is 2. The summed E-state index contributed by atoms with van der Waals surface area (Å²) in [5.41, 5.74) is 3.39. The van der Waals surface area contributed by atoms with Crippen molar-refractivity contribution in [1.29, 1.82) is 0 Å². The third kappa shape index (κ3) is 5.93. The number of ether oxygens (including phenoxy) is 1. The van der Waals surface area contributed by atoms with Gasteiger partial charge in [0, 0.05) is 12.1 Å². The van der Waals surface area contributed by atoms with Gasteiger partial charge in [0.15, 0.2) is 12.4 Å². The average molecular weight is 320 g/mol. The minimum absolute atomic E-state index is 0. The summed E-state index contributed by atoms with van der Waals surface area (Å²) in [5.74, 6) is 0.646. The number of hydrazone groups is 1. The van der Waals surface area contributed by atoms with Gasteiger partial charge in [-0.2, -0.15) is 9.67 Å². The molecule has 1 amide bonds. The molecule has 0 radical (unpaired) electrons. The number of halogens is 1. The predicted molar refractivity (Wildman–Crippen MR) is 80.0 cm³/mol. The van der Waals surface area contributed by atoms with Gasteiger partial charge < -0.3 is 17.1 Å². The van der Waals surface area contributed by atoms with Gasteiger partial charge in [0.1, 0.15) is 5.75 Å². The summed E-state index contributed by atoms with van der Waals surface area (Å²) in [4.78, 5) is 11.7. The highest BCUT2D eigenvalue weighted by molar-refractivity contribution is 5.82. The molecule has 0 saturated carbocycles. The van der Waals surface area contributed by atoms with Crippen molar-refractivity contribution in [2.75, 3.05) is 6.61 Å². The molecule has 0 aliphatic heterocycles. The Morgan fingerprint density at radius 2 is 1.91 bits per heavy atom. The number of aromatic nitrogens is 1. The lowest BCUT2D eigenvalue weighted by Crippen LogP contribution is -3.00. The van der Waals surface area contributed by atoms with E-state index < -0.39 is 0 Å². The molecule has 0 saturated heterocycles. The minimum Gasteiger partial charge on any atom is -1.00 e. The van der Waals surface area contributed by atoms with Gasteiger partial charge in [0.05, 0.1) is 12.8 Å². The highest BCUT2D eigenvalue weighted by Crippen LogP contribution is 2.10. The van der Waals surface area contributed by atoms with Gasteiger partial charge in [0.25, 0.3) is 0 Å². The van der Waals surface area contributed by atoms with Crippen LogP contribution < -0.4 is 27.1 Å². The highest BCUT2D eigenvalue weighted by atomic mass is 35.5. The first-order valence-corrected chi connectivity index (χ1v) is 6.77. The molecular formula is C16H18ClN3O2. The smallest absolute Gasteiger partial charge is 0.305 e. The standard InChI is InChI=1S/C16H17N3O2.ClH/c1-2-21-15-8-6-14(7-9-15)12-17-18-16(20)13-19-10-4-3-5-11-19;/h3-12H,2,13H2,1H3;1H/b17-12+;. The summed E-state index contributed by atoms with van der Waals surface area (Å²) < 4.78 is 7.13. The van der Waals surface area contributed by atoms with E-state index in [0.717, 1.165) is 11.3 Å². The Hall–Kier alpha value is -2.40. The van der Waals surface area contributed by atoms with Crippen molar-refractivity contribution in [3.63, 3.8) is 0 Å². The lowest BCUT2D eigenvalue weighted by molar-refractivity contribution is -0.684. The second kappa shape index (κ2) is 9.52. The molecule has 2 rings (SSSR count). The lowest BCUT2D eigenvalue weighted by Gasteiger charge is -2.02. The molecule has 0 spiro atoms. The molecule has 0 fully saturated rings. The predicted octanol–water partition coefficient (Wildman–Crippen LogP) is -1.47. The van der Waals surface area contributed by atoms with Crippen LogP contribution in [0.2, 0.25) is 0 Å². The van der Waals surface area contributed by atoms with Gasteiger partial charge in [-0.25, -0.2) is 5.43 Å². The van der Waals surface area contributed by atoms with Crippen molar-refractivity contribution in [1.82, 2.24) is 5.43 Å². The first-order valence-electron chi connectivity index (χ1n) is 6.77. The molecule has 116 valence electrons. The molecular weight excluding hydrogens is 302 g/mol. The van der Waals surface area contributed by atoms with Crippen molar-refractivity contribution in [3.8, 4) is 5.75 Å². The number of hydrogen-bond acceptors (Lipinski definition) is 3. The van der Waals surface area contributed by atoms with Crippen LogP contribution >= 0.6 is 0 Å². The zero-order valence-corrected chi connectivity index (χ0v) is 13.0. The van der Waals surface area contributed by atoms with Crippen LogP contribution in [0.5, 0.6) is 5.75 Å². The zero-order chi connectivity index (χ0) is 14.9. The SMILES string of the molecule is CCOc1ccc(/C=N/NC(=O)C[n+]2ccccc2)cc1.[Cl-]. The topological polar surface area (TPSA) is 54.6 Å². The maximum absolute atomic E-state index is 11.7. The quantitative estimate of drug-likeness (QED) is 0.401. The van der Waals surface area contributed by atoms with E-state index in [2.05, 4.69) is 10.5 Å². The van der Waals surface area contributed by atoms with Gasteiger partial charge in [0.2, 0.25) is 6.54 Å². The Morgan fingerprint density at radius 3 is 2.55 bits per heavy atom. The van der Waals surface area contributed by atoms with E-state index >= 15 is 0 Å². The normalized spacial score (nSPS) is 10.0. The number of benzene rings is 1. The fraction of sp³-hybridized carbons (Fsp3) is 0.188. The third-order valence-corrected chi connectivity index (χ3v) is 2.70. The molecule has 0 bridgehead atoms. The maximum atomic E-state index is 11.7. The molecule has 22 heavy (non-hydrogen) atoms. The van der Waals surface area contributed by atoms with Gasteiger partial charge >= 0.3 is 5.91 Å². The fourth-order valence-corrected chi connectivity index (χ4v) is 1.74. The van der Waals surface area contributed by atoms with E-state index in [4.69, 9.17) is 4.74 Å². The minimum atomic E-state index is -0.173. The van der Waals surface area contributed by atoms with Crippen molar-refractivity contribution < 1.29 is 26.5 Å². The van der Waals surface area contributed by atoms with Crippen molar-refractivity contribution >= 4 is 12.1 Å². The number of carbonyl (C=O) groups is 1. The van der Waals surface area contributed by atoms with E-state index in [1.807, 2.05) is 61.8 Å². The van der Waals surface area contributed by atoms with Gasteiger partial charge in [-0.15, -0.1) is 0 Å². The summed E-state index contributed by atoms with van der Waals surface area (Å²) in [5, 5.41) is 3.93. The molecule has 2 aromatic rings. The summed E-state index contributed by atoms with van der Waals surface area (Å²) in [6.07, 6.45) is 5.26. The first-order chi connectivity index (χ1) is 10.3. The van der Waals surface area contributed by atoms with Crippen LogP contribution in [0.15, 0.2) is 60.0 Å². The van der Waals surface area contributed by atoms with Crippen LogP contribution in [-0.4, -0.2) is 18.7 Å². The van der Waals surface area contributed by atoms with Crippen LogP contribution in [-0.2, 0) is 11.3 Å². The summed E-state index contributed by atoms with van der Waals surface area (Å²) in [7, 11) is 0. The van der Waals surface area contributed by atoms with Crippen LogP contribution in [0.1, 0.15) is 12.5 Å². The van der Waals surface area contributed by atoms with E-state index in [9.17, 15) is 4.79 Å². The molecule has 1 aromatic heterocycles. The molecule has 0 unspecified atom stereocenters. The second-order valence-electron chi connectivity index (χ2n) is 4.34. The fourth-order valence-electron chi connectivity index (χ4n) is 1.74. The Kier molecular flexibility index (Phi) is 7.64. The van der Waals surface area contributed by atoms with E-state index in [-0.39, 0.29) is 24.9 Å². The summed E-state index contributed by atoms with van der Waals surface area (Å²) >= 11 is 0. The first kappa shape index (κ1) is 17.7. The monoisotopic (exact) mass is 319 g/mol.